The normalized spacial score (nSPS) is 21.7. The predicted molar refractivity (Wildman–Crippen MR) is 87.0 cm³/mol. The average molecular weight is 334 g/mol. The molecular formula is C18H23FN2O3. The molecule has 6 heteroatoms. The van der Waals surface area contributed by atoms with Crippen molar-refractivity contribution < 1.29 is 18.7 Å². The molecule has 0 aromatic heterocycles. The molecule has 2 aliphatic heterocycles. The Balaban J connectivity index is 1.46. The van der Waals surface area contributed by atoms with Crippen molar-refractivity contribution in [2.24, 2.45) is 5.92 Å². The number of hydrogen-bond donors (Lipinski definition) is 1. The number of piperidine rings is 1. The summed E-state index contributed by atoms with van der Waals surface area (Å²) in [4.78, 5) is 26.3. The van der Waals surface area contributed by atoms with E-state index in [2.05, 4.69) is 5.32 Å². The van der Waals surface area contributed by atoms with E-state index in [9.17, 15) is 14.0 Å². The lowest BCUT2D eigenvalue weighted by atomic mass is 9.95. The molecule has 0 bridgehead atoms. The maximum Gasteiger partial charge on any atom is 0.253 e. The molecule has 0 radical (unpaired) electrons. The first-order valence-corrected chi connectivity index (χ1v) is 8.57. The molecule has 3 rings (SSSR count). The molecule has 2 heterocycles. The van der Waals surface area contributed by atoms with Gasteiger partial charge in [-0.3, -0.25) is 9.59 Å². The molecule has 2 fully saturated rings. The summed E-state index contributed by atoms with van der Waals surface area (Å²) in [6.07, 6.45) is 3.47. The van der Waals surface area contributed by atoms with Gasteiger partial charge in [-0.1, -0.05) is 6.07 Å². The minimum absolute atomic E-state index is 0.0448. The van der Waals surface area contributed by atoms with Gasteiger partial charge >= 0.3 is 0 Å². The van der Waals surface area contributed by atoms with Crippen molar-refractivity contribution in [2.45, 2.75) is 31.8 Å². The number of halogens is 1. The third kappa shape index (κ3) is 4.12. The maximum absolute atomic E-state index is 13.2. The fraction of sp³-hybridized carbons (Fsp3) is 0.556. The zero-order chi connectivity index (χ0) is 16.9. The summed E-state index contributed by atoms with van der Waals surface area (Å²) in [6.45, 7) is 2.39. The molecule has 0 unspecified atom stereocenters. The minimum Gasteiger partial charge on any atom is -0.376 e. The summed E-state index contributed by atoms with van der Waals surface area (Å²) in [7, 11) is 0. The third-order valence-corrected chi connectivity index (χ3v) is 4.75. The quantitative estimate of drug-likeness (QED) is 0.916. The zero-order valence-corrected chi connectivity index (χ0v) is 13.7. The van der Waals surface area contributed by atoms with Gasteiger partial charge in [-0.15, -0.1) is 0 Å². The summed E-state index contributed by atoms with van der Waals surface area (Å²) in [6, 6.07) is 5.73. The number of carbonyl (C=O) groups excluding carboxylic acids is 2. The Morgan fingerprint density at radius 1 is 1.25 bits per heavy atom. The smallest absolute Gasteiger partial charge is 0.253 e. The minimum atomic E-state index is -0.413. The van der Waals surface area contributed by atoms with Crippen LogP contribution in [0.2, 0.25) is 0 Å². The Bertz CT molecular complexity index is 594. The number of hydrogen-bond acceptors (Lipinski definition) is 3. The van der Waals surface area contributed by atoms with E-state index in [1.165, 1.54) is 18.2 Å². The fourth-order valence-electron chi connectivity index (χ4n) is 3.31. The Kier molecular flexibility index (Phi) is 5.45. The van der Waals surface area contributed by atoms with E-state index in [0.29, 0.717) is 38.0 Å². The Morgan fingerprint density at radius 3 is 2.71 bits per heavy atom. The van der Waals surface area contributed by atoms with Crippen LogP contribution in [0.25, 0.3) is 0 Å². The molecular weight excluding hydrogens is 311 g/mol. The van der Waals surface area contributed by atoms with Crippen molar-refractivity contribution in [3.8, 4) is 0 Å². The number of nitrogens with one attached hydrogen (secondary N) is 1. The Morgan fingerprint density at radius 2 is 2.04 bits per heavy atom. The van der Waals surface area contributed by atoms with Crippen LogP contribution in [0.15, 0.2) is 24.3 Å². The molecule has 2 saturated heterocycles. The van der Waals surface area contributed by atoms with Gasteiger partial charge in [0.25, 0.3) is 5.91 Å². The van der Waals surface area contributed by atoms with Gasteiger partial charge in [0, 0.05) is 37.7 Å². The van der Waals surface area contributed by atoms with E-state index in [1.807, 2.05) is 0 Å². The van der Waals surface area contributed by atoms with Crippen LogP contribution in [-0.4, -0.2) is 49.1 Å². The van der Waals surface area contributed by atoms with Gasteiger partial charge in [0.1, 0.15) is 5.82 Å². The topological polar surface area (TPSA) is 58.6 Å². The number of benzene rings is 1. The SMILES string of the molecule is O=C(NC[C@@H]1CCCO1)C1CCN(C(=O)c2cccc(F)c2)CC1. The Labute approximate surface area is 141 Å². The largest absolute Gasteiger partial charge is 0.376 e. The first-order chi connectivity index (χ1) is 11.6. The number of nitrogens with zero attached hydrogens (tertiary/aromatic N) is 1. The summed E-state index contributed by atoms with van der Waals surface area (Å²) < 4.78 is 18.7. The second-order valence-electron chi connectivity index (χ2n) is 6.46. The number of likely N-dealkylation sites (tertiary alicyclic amines) is 1. The molecule has 1 aromatic rings. The van der Waals surface area contributed by atoms with Gasteiger partial charge in [-0.2, -0.15) is 0 Å². The number of amides is 2. The summed E-state index contributed by atoms with van der Waals surface area (Å²) >= 11 is 0. The second-order valence-corrected chi connectivity index (χ2v) is 6.46. The van der Waals surface area contributed by atoms with Crippen molar-refractivity contribution in [1.82, 2.24) is 10.2 Å². The monoisotopic (exact) mass is 334 g/mol. The highest BCUT2D eigenvalue weighted by atomic mass is 19.1. The average Bonchev–Trinajstić information content (AvgIpc) is 3.13. The summed E-state index contributed by atoms with van der Waals surface area (Å²) in [5, 5.41) is 2.96. The molecule has 0 saturated carbocycles. The molecule has 1 N–H and O–H groups in total. The Hall–Kier alpha value is -1.95. The van der Waals surface area contributed by atoms with Gasteiger partial charge in [-0.25, -0.2) is 4.39 Å². The predicted octanol–water partition coefficient (Wildman–Crippen LogP) is 1.97. The maximum atomic E-state index is 13.2. The van der Waals surface area contributed by atoms with Gasteiger partial charge in [0.15, 0.2) is 0 Å². The molecule has 5 nitrogen and oxygen atoms in total. The fourth-order valence-corrected chi connectivity index (χ4v) is 3.31. The molecule has 1 aromatic carbocycles. The van der Waals surface area contributed by atoms with Gasteiger partial charge in [-0.05, 0) is 43.9 Å². The van der Waals surface area contributed by atoms with E-state index < -0.39 is 5.82 Å². The molecule has 1 atom stereocenters. The molecule has 2 amide bonds. The highest BCUT2D eigenvalue weighted by Gasteiger charge is 2.28. The molecule has 0 aliphatic carbocycles. The highest BCUT2D eigenvalue weighted by molar-refractivity contribution is 5.94. The number of ether oxygens (including phenoxy) is 1. The van der Waals surface area contributed by atoms with Crippen molar-refractivity contribution in [3.63, 3.8) is 0 Å². The molecule has 0 spiro atoms. The van der Waals surface area contributed by atoms with Crippen LogP contribution < -0.4 is 5.32 Å². The number of carbonyl (C=O) groups is 2. The lowest BCUT2D eigenvalue weighted by Crippen LogP contribution is -2.44. The zero-order valence-electron chi connectivity index (χ0n) is 13.7. The number of rotatable bonds is 4. The molecule has 2 aliphatic rings. The van der Waals surface area contributed by atoms with Crippen molar-refractivity contribution in [2.75, 3.05) is 26.2 Å². The summed E-state index contributed by atoms with van der Waals surface area (Å²) in [5.74, 6) is -0.608. The third-order valence-electron chi connectivity index (χ3n) is 4.75. The van der Waals surface area contributed by atoms with Crippen molar-refractivity contribution in [1.29, 1.82) is 0 Å². The van der Waals surface area contributed by atoms with E-state index in [-0.39, 0.29) is 23.8 Å². The van der Waals surface area contributed by atoms with Gasteiger partial charge in [0.2, 0.25) is 5.91 Å². The first-order valence-electron chi connectivity index (χ1n) is 8.57. The van der Waals surface area contributed by atoms with E-state index in [0.717, 1.165) is 19.4 Å². The van der Waals surface area contributed by atoms with Crippen LogP contribution in [-0.2, 0) is 9.53 Å². The van der Waals surface area contributed by atoms with Crippen molar-refractivity contribution in [3.05, 3.63) is 35.6 Å². The lowest BCUT2D eigenvalue weighted by Gasteiger charge is -2.31. The van der Waals surface area contributed by atoms with E-state index in [4.69, 9.17) is 4.74 Å². The lowest BCUT2D eigenvalue weighted by molar-refractivity contribution is -0.126. The van der Waals surface area contributed by atoms with Gasteiger partial charge in [0.05, 0.1) is 6.10 Å². The van der Waals surface area contributed by atoms with E-state index in [1.54, 1.807) is 11.0 Å². The first kappa shape index (κ1) is 16.9. The van der Waals surface area contributed by atoms with Crippen LogP contribution in [0.4, 0.5) is 4.39 Å². The van der Waals surface area contributed by atoms with Crippen LogP contribution in [0.1, 0.15) is 36.0 Å². The molecule has 24 heavy (non-hydrogen) atoms. The van der Waals surface area contributed by atoms with Crippen LogP contribution >= 0.6 is 0 Å². The second kappa shape index (κ2) is 7.75. The highest BCUT2D eigenvalue weighted by Crippen LogP contribution is 2.20. The van der Waals surface area contributed by atoms with Crippen LogP contribution in [0.3, 0.4) is 0 Å². The van der Waals surface area contributed by atoms with Crippen LogP contribution in [0, 0.1) is 11.7 Å². The van der Waals surface area contributed by atoms with E-state index >= 15 is 0 Å². The summed E-state index contributed by atoms with van der Waals surface area (Å²) in [5.41, 5.74) is 0.358. The van der Waals surface area contributed by atoms with Gasteiger partial charge < -0.3 is 15.0 Å². The standard InChI is InChI=1S/C18H23FN2O3/c19-15-4-1-3-14(11-15)18(23)21-8-6-13(7-9-21)17(22)20-12-16-5-2-10-24-16/h1,3-4,11,13,16H,2,5-10,12H2,(H,20,22)/t16-/m0/s1. The van der Waals surface area contributed by atoms with Crippen molar-refractivity contribution >= 4 is 11.8 Å². The molecule has 130 valence electrons. The van der Waals surface area contributed by atoms with Crippen LogP contribution in [0.5, 0.6) is 0 Å².